The molecule has 2 aliphatic rings. The SMILES string of the molecule is Cc1cc2nc(N3CCC(C(=O)NC4CCCC4)CC3)n(Cc3ccc(C(=O)O)cc3)c2cc1C. The average molecular weight is 475 g/mol. The lowest BCUT2D eigenvalue weighted by Gasteiger charge is -2.33. The molecule has 0 spiro atoms. The number of rotatable bonds is 6. The fourth-order valence-corrected chi connectivity index (χ4v) is 5.43. The molecule has 5 rings (SSSR count). The maximum atomic E-state index is 12.8. The number of benzene rings is 2. The lowest BCUT2D eigenvalue weighted by atomic mass is 9.95. The number of nitrogens with zero attached hydrogens (tertiary/aromatic N) is 3. The number of piperidine rings is 1. The molecule has 2 fully saturated rings. The van der Waals surface area contributed by atoms with Gasteiger partial charge >= 0.3 is 5.97 Å². The van der Waals surface area contributed by atoms with Crippen molar-refractivity contribution in [2.45, 2.75) is 65.0 Å². The minimum absolute atomic E-state index is 0.0673. The van der Waals surface area contributed by atoms with E-state index in [2.05, 4.69) is 40.8 Å². The van der Waals surface area contributed by atoms with Gasteiger partial charge in [0.2, 0.25) is 11.9 Å². The molecule has 2 aromatic carbocycles. The van der Waals surface area contributed by atoms with Gasteiger partial charge in [-0.25, -0.2) is 9.78 Å². The second kappa shape index (κ2) is 9.72. The van der Waals surface area contributed by atoms with Crippen LogP contribution in [-0.2, 0) is 11.3 Å². The van der Waals surface area contributed by atoms with Crippen molar-refractivity contribution < 1.29 is 14.7 Å². The van der Waals surface area contributed by atoms with Crippen LogP contribution in [0.25, 0.3) is 11.0 Å². The minimum Gasteiger partial charge on any atom is -0.478 e. The van der Waals surface area contributed by atoms with E-state index in [1.807, 2.05) is 12.1 Å². The van der Waals surface area contributed by atoms with Gasteiger partial charge in [0, 0.05) is 25.0 Å². The summed E-state index contributed by atoms with van der Waals surface area (Å²) in [4.78, 5) is 31.4. The molecule has 3 aromatic rings. The van der Waals surface area contributed by atoms with Gasteiger partial charge in [-0.15, -0.1) is 0 Å². The van der Waals surface area contributed by atoms with Gasteiger partial charge in [-0.1, -0.05) is 25.0 Å². The Balaban J connectivity index is 1.38. The molecule has 1 aliphatic carbocycles. The lowest BCUT2D eigenvalue weighted by molar-refractivity contribution is -0.126. The van der Waals surface area contributed by atoms with E-state index in [0.717, 1.165) is 61.3 Å². The Labute approximate surface area is 206 Å². The van der Waals surface area contributed by atoms with Gasteiger partial charge in [0.05, 0.1) is 23.1 Å². The summed E-state index contributed by atoms with van der Waals surface area (Å²) < 4.78 is 2.23. The first kappa shape index (κ1) is 23.4. The Kier molecular flexibility index (Phi) is 6.50. The highest BCUT2D eigenvalue weighted by Gasteiger charge is 2.29. The first-order chi connectivity index (χ1) is 16.9. The van der Waals surface area contributed by atoms with Crippen LogP contribution in [0, 0.1) is 19.8 Å². The fourth-order valence-electron chi connectivity index (χ4n) is 5.43. The highest BCUT2D eigenvalue weighted by molar-refractivity contribution is 5.87. The molecule has 1 aliphatic heterocycles. The number of imidazole rings is 1. The summed E-state index contributed by atoms with van der Waals surface area (Å²) >= 11 is 0. The smallest absolute Gasteiger partial charge is 0.335 e. The van der Waals surface area contributed by atoms with Crippen molar-refractivity contribution in [3.63, 3.8) is 0 Å². The topological polar surface area (TPSA) is 87.5 Å². The molecule has 0 unspecified atom stereocenters. The monoisotopic (exact) mass is 474 g/mol. The zero-order valence-corrected chi connectivity index (χ0v) is 20.6. The molecule has 35 heavy (non-hydrogen) atoms. The highest BCUT2D eigenvalue weighted by atomic mass is 16.4. The molecule has 1 saturated carbocycles. The molecule has 1 aromatic heterocycles. The zero-order chi connectivity index (χ0) is 24.5. The van der Waals surface area contributed by atoms with Crippen LogP contribution < -0.4 is 10.2 Å². The minimum atomic E-state index is -0.920. The van der Waals surface area contributed by atoms with Crippen LogP contribution in [0.15, 0.2) is 36.4 Å². The number of fused-ring (bicyclic) bond motifs is 1. The molecule has 7 nitrogen and oxygen atoms in total. The fraction of sp³-hybridized carbons (Fsp3) is 0.464. The first-order valence-corrected chi connectivity index (χ1v) is 12.7. The Morgan fingerprint density at radius 3 is 2.31 bits per heavy atom. The third kappa shape index (κ3) is 4.90. The Bertz CT molecular complexity index is 1230. The van der Waals surface area contributed by atoms with Crippen molar-refractivity contribution in [3.8, 4) is 0 Å². The van der Waals surface area contributed by atoms with Crippen LogP contribution in [-0.4, -0.2) is 45.7 Å². The van der Waals surface area contributed by atoms with E-state index >= 15 is 0 Å². The molecule has 0 atom stereocenters. The molecule has 1 saturated heterocycles. The number of hydrogen-bond acceptors (Lipinski definition) is 4. The van der Waals surface area contributed by atoms with Crippen molar-refractivity contribution in [1.29, 1.82) is 0 Å². The summed E-state index contributed by atoms with van der Waals surface area (Å²) in [6, 6.07) is 11.7. The van der Waals surface area contributed by atoms with Crippen LogP contribution in [0.5, 0.6) is 0 Å². The van der Waals surface area contributed by atoms with Crippen LogP contribution in [0.3, 0.4) is 0 Å². The standard InChI is InChI=1S/C28H34N4O3/c1-18-15-24-25(16-19(18)2)32(17-20-7-9-22(10-8-20)27(34)35)28(30-24)31-13-11-21(12-14-31)26(33)29-23-5-3-4-6-23/h7-10,15-16,21,23H,3-6,11-14,17H2,1-2H3,(H,29,33)(H,34,35). The summed E-state index contributed by atoms with van der Waals surface area (Å²) in [6.07, 6.45) is 6.32. The van der Waals surface area contributed by atoms with Gasteiger partial charge in [0.25, 0.3) is 0 Å². The third-order valence-corrected chi connectivity index (χ3v) is 7.74. The van der Waals surface area contributed by atoms with Gasteiger partial charge in [-0.2, -0.15) is 0 Å². The van der Waals surface area contributed by atoms with Crippen molar-refractivity contribution in [2.75, 3.05) is 18.0 Å². The van der Waals surface area contributed by atoms with Gasteiger partial charge < -0.3 is 19.9 Å². The quantitative estimate of drug-likeness (QED) is 0.542. The summed E-state index contributed by atoms with van der Waals surface area (Å²) in [7, 11) is 0. The van der Waals surface area contributed by atoms with Gasteiger partial charge in [-0.05, 0) is 80.5 Å². The Hall–Kier alpha value is -3.35. The van der Waals surface area contributed by atoms with Crippen molar-refractivity contribution in [3.05, 3.63) is 58.7 Å². The molecule has 0 bridgehead atoms. The molecule has 184 valence electrons. The second-order valence-corrected chi connectivity index (χ2v) is 10.2. The first-order valence-electron chi connectivity index (χ1n) is 12.7. The number of hydrogen-bond donors (Lipinski definition) is 2. The maximum absolute atomic E-state index is 12.8. The van der Waals surface area contributed by atoms with E-state index < -0.39 is 5.97 Å². The van der Waals surface area contributed by atoms with Gasteiger partial charge in [0.1, 0.15) is 0 Å². The Morgan fingerprint density at radius 2 is 1.66 bits per heavy atom. The van der Waals surface area contributed by atoms with E-state index in [-0.39, 0.29) is 17.4 Å². The van der Waals surface area contributed by atoms with Crippen LogP contribution in [0.1, 0.15) is 65.6 Å². The number of aryl methyl sites for hydroxylation is 2. The maximum Gasteiger partial charge on any atom is 0.335 e. The number of amides is 1. The van der Waals surface area contributed by atoms with E-state index in [4.69, 9.17) is 4.98 Å². The van der Waals surface area contributed by atoms with Crippen LogP contribution >= 0.6 is 0 Å². The lowest BCUT2D eigenvalue weighted by Crippen LogP contribution is -2.43. The normalized spacial score (nSPS) is 17.3. The highest BCUT2D eigenvalue weighted by Crippen LogP contribution is 2.30. The third-order valence-electron chi connectivity index (χ3n) is 7.74. The van der Waals surface area contributed by atoms with Gasteiger partial charge in [0.15, 0.2) is 0 Å². The molecule has 2 heterocycles. The Morgan fingerprint density at radius 1 is 1.00 bits per heavy atom. The number of nitrogens with one attached hydrogen (secondary N) is 1. The molecular formula is C28H34N4O3. The molecule has 7 heteroatoms. The predicted octanol–water partition coefficient (Wildman–Crippen LogP) is 4.67. The van der Waals surface area contributed by atoms with Gasteiger partial charge in [-0.3, -0.25) is 4.79 Å². The van der Waals surface area contributed by atoms with E-state index in [1.165, 1.54) is 24.0 Å². The summed E-state index contributed by atoms with van der Waals surface area (Å²) in [5.74, 6) is 0.283. The van der Waals surface area contributed by atoms with Crippen molar-refractivity contribution in [2.24, 2.45) is 5.92 Å². The number of carboxylic acids is 1. The molecular weight excluding hydrogens is 440 g/mol. The number of anilines is 1. The summed E-state index contributed by atoms with van der Waals surface area (Å²) in [6.45, 7) is 6.41. The predicted molar refractivity (Wildman–Crippen MR) is 137 cm³/mol. The largest absolute Gasteiger partial charge is 0.478 e. The van der Waals surface area contributed by atoms with Crippen LogP contribution in [0.2, 0.25) is 0 Å². The second-order valence-electron chi connectivity index (χ2n) is 10.2. The summed E-state index contributed by atoms with van der Waals surface area (Å²) in [5.41, 5.74) is 5.78. The number of aromatic carboxylic acids is 1. The van der Waals surface area contributed by atoms with Crippen LogP contribution in [0.4, 0.5) is 5.95 Å². The number of carbonyl (C=O) groups is 2. The molecule has 0 radical (unpaired) electrons. The number of carboxylic acid groups (broad SMARTS) is 1. The van der Waals surface area contributed by atoms with E-state index in [9.17, 15) is 14.7 Å². The van der Waals surface area contributed by atoms with E-state index in [0.29, 0.717) is 12.6 Å². The number of aromatic nitrogens is 2. The van der Waals surface area contributed by atoms with Crippen molar-refractivity contribution in [1.82, 2.24) is 14.9 Å². The zero-order valence-electron chi connectivity index (χ0n) is 20.6. The summed E-state index contributed by atoms with van der Waals surface area (Å²) in [5, 5.41) is 12.5. The number of carbonyl (C=O) groups excluding carboxylic acids is 1. The molecule has 1 amide bonds. The van der Waals surface area contributed by atoms with E-state index in [1.54, 1.807) is 12.1 Å². The van der Waals surface area contributed by atoms with Crippen molar-refractivity contribution >= 4 is 28.9 Å². The molecule has 2 N–H and O–H groups in total. The average Bonchev–Trinajstić information content (AvgIpc) is 3.48.